The monoisotopic (exact) mass is 421 g/mol. The first-order chi connectivity index (χ1) is 14.2. The molecule has 0 saturated heterocycles. The topological polar surface area (TPSA) is 64.6 Å². The van der Waals surface area contributed by atoms with Crippen LogP contribution in [0.2, 0.25) is 0 Å². The largest absolute Gasteiger partial charge is 0.497 e. The molecule has 1 atom stereocenters. The molecule has 160 valence electrons. The highest BCUT2D eigenvalue weighted by Gasteiger charge is 2.35. The number of halogens is 3. The van der Waals surface area contributed by atoms with Crippen molar-refractivity contribution in [1.82, 2.24) is 5.32 Å². The first-order valence-electron chi connectivity index (χ1n) is 9.19. The predicted octanol–water partition coefficient (Wildman–Crippen LogP) is 4.45. The van der Waals surface area contributed by atoms with E-state index >= 15 is 0 Å². The van der Waals surface area contributed by atoms with E-state index in [-0.39, 0.29) is 18.6 Å². The van der Waals surface area contributed by atoms with Gasteiger partial charge in [-0.05, 0) is 30.2 Å². The zero-order valence-electron chi connectivity index (χ0n) is 16.5. The molecule has 0 heterocycles. The third-order valence-corrected chi connectivity index (χ3v) is 4.15. The third kappa shape index (κ3) is 6.65. The molecule has 0 aromatic heterocycles. The van der Waals surface area contributed by atoms with E-state index in [1.165, 1.54) is 31.4 Å². The summed E-state index contributed by atoms with van der Waals surface area (Å²) in [6.07, 6.45) is -4.48. The Morgan fingerprint density at radius 1 is 1.10 bits per heavy atom. The summed E-state index contributed by atoms with van der Waals surface area (Å²) in [5.41, 5.74) is -0.720. The lowest BCUT2D eigenvalue weighted by Gasteiger charge is -2.19. The number of alkyl halides is 3. The molecule has 0 aliphatic heterocycles. The number of hydrogen-bond donors (Lipinski definition) is 1. The van der Waals surface area contributed by atoms with Crippen molar-refractivity contribution < 1.29 is 32.2 Å². The van der Waals surface area contributed by atoms with Crippen LogP contribution in [0.1, 0.15) is 30.5 Å². The Bertz CT molecular complexity index is 895. The van der Waals surface area contributed by atoms with Crippen molar-refractivity contribution >= 4 is 17.4 Å². The quantitative estimate of drug-likeness (QED) is 0.505. The van der Waals surface area contributed by atoms with Crippen molar-refractivity contribution in [2.75, 3.05) is 13.7 Å². The van der Waals surface area contributed by atoms with Gasteiger partial charge in [-0.15, -0.1) is 0 Å². The summed E-state index contributed by atoms with van der Waals surface area (Å²) < 4.78 is 50.6. The summed E-state index contributed by atoms with van der Waals surface area (Å²) in [5, 5.41) is 2.47. The number of allylic oxidation sites excluding steroid dienone is 1. The maximum atomic E-state index is 13.5. The van der Waals surface area contributed by atoms with E-state index in [2.05, 4.69) is 5.32 Å². The molecule has 0 bridgehead atoms. The van der Waals surface area contributed by atoms with Gasteiger partial charge in [-0.2, -0.15) is 13.2 Å². The first-order valence-corrected chi connectivity index (χ1v) is 9.19. The molecule has 0 aliphatic carbocycles. The van der Waals surface area contributed by atoms with Crippen LogP contribution in [0, 0.1) is 0 Å². The van der Waals surface area contributed by atoms with Crippen LogP contribution in [0.15, 0.2) is 60.7 Å². The summed E-state index contributed by atoms with van der Waals surface area (Å²) in [5.74, 6) is -1.09. The van der Waals surface area contributed by atoms with Gasteiger partial charge in [0, 0.05) is 6.08 Å². The Morgan fingerprint density at radius 2 is 1.80 bits per heavy atom. The molecule has 2 aromatic carbocycles. The Balaban J connectivity index is 2.33. The highest BCUT2D eigenvalue weighted by atomic mass is 19.4. The Morgan fingerprint density at radius 3 is 2.40 bits per heavy atom. The number of carbonyl (C=O) groups excluding carboxylic acids is 2. The van der Waals surface area contributed by atoms with Gasteiger partial charge < -0.3 is 14.8 Å². The molecule has 0 spiro atoms. The minimum atomic E-state index is -4.73. The van der Waals surface area contributed by atoms with Crippen LogP contribution < -0.4 is 10.1 Å². The molecule has 2 aromatic rings. The number of benzene rings is 2. The fourth-order valence-corrected chi connectivity index (χ4v) is 2.79. The highest BCUT2D eigenvalue weighted by molar-refractivity contribution is 5.96. The summed E-state index contributed by atoms with van der Waals surface area (Å²) in [6, 6.07) is 12.7. The molecule has 30 heavy (non-hydrogen) atoms. The second kappa shape index (κ2) is 10.5. The number of methoxy groups -OCH3 is 1. The number of nitrogens with one attached hydrogen (secondary N) is 1. The lowest BCUT2D eigenvalue weighted by molar-refractivity contribution is -0.143. The van der Waals surface area contributed by atoms with Crippen LogP contribution in [0.25, 0.3) is 5.57 Å². The molecule has 2 rings (SSSR count). The molecular weight excluding hydrogens is 399 g/mol. The average Bonchev–Trinajstić information content (AvgIpc) is 2.71. The molecule has 8 heteroatoms. The fraction of sp³-hybridized carbons (Fsp3) is 0.273. The highest BCUT2D eigenvalue weighted by Crippen LogP contribution is 2.33. The molecule has 1 N–H and O–H groups in total. The van der Waals surface area contributed by atoms with Crippen LogP contribution >= 0.6 is 0 Å². The zero-order valence-corrected chi connectivity index (χ0v) is 16.5. The van der Waals surface area contributed by atoms with E-state index < -0.39 is 29.7 Å². The molecule has 0 aliphatic rings. The molecule has 0 saturated carbocycles. The van der Waals surface area contributed by atoms with Gasteiger partial charge in [0.15, 0.2) is 0 Å². The van der Waals surface area contributed by atoms with E-state index in [4.69, 9.17) is 9.47 Å². The van der Waals surface area contributed by atoms with Crippen molar-refractivity contribution in [2.45, 2.75) is 25.6 Å². The SMILES string of the molecule is CCOC(=O)CC(NC(=O)/C=C(/c1ccccc1)C(F)(F)F)c1cccc(OC)c1. The maximum absolute atomic E-state index is 13.5. The van der Waals surface area contributed by atoms with Crippen molar-refractivity contribution in [3.8, 4) is 5.75 Å². The summed E-state index contributed by atoms with van der Waals surface area (Å²) in [7, 11) is 1.45. The summed E-state index contributed by atoms with van der Waals surface area (Å²) >= 11 is 0. The zero-order chi connectivity index (χ0) is 22.1. The van der Waals surface area contributed by atoms with Gasteiger partial charge in [0.2, 0.25) is 5.91 Å². The van der Waals surface area contributed by atoms with Crippen LogP contribution in [-0.2, 0) is 14.3 Å². The minimum Gasteiger partial charge on any atom is -0.497 e. The van der Waals surface area contributed by atoms with Gasteiger partial charge in [0.25, 0.3) is 0 Å². The van der Waals surface area contributed by atoms with Crippen molar-refractivity contribution in [2.24, 2.45) is 0 Å². The van der Waals surface area contributed by atoms with Gasteiger partial charge in [0.05, 0.1) is 31.8 Å². The number of ether oxygens (including phenoxy) is 2. The van der Waals surface area contributed by atoms with Crippen molar-refractivity contribution in [3.63, 3.8) is 0 Å². The van der Waals surface area contributed by atoms with Crippen LogP contribution in [0.4, 0.5) is 13.2 Å². The van der Waals surface area contributed by atoms with Crippen LogP contribution in [0.3, 0.4) is 0 Å². The molecule has 0 fully saturated rings. The lowest BCUT2D eigenvalue weighted by Crippen LogP contribution is -2.30. The second-order valence-corrected chi connectivity index (χ2v) is 6.27. The maximum Gasteiger partial charge on any atom is 0.417 e. The molecule has 1 amide bonds. The van der Waals surface area contributed by atoms with E-state index in [0.29, 0.717) is 17.4 Å². The van der Waals surface area contributed by atoms with Gasteiger partial charge in [0.1, 0.15) is 5.75 Å². The molecule has 5 nitrogen and oxygen atoms in total. The van der Waals surface area contributed by atoms with E-state index in [9.17, 15) is 22.8 Å². The molecular formula is C22H22F3NO4. The normalized spacial score (nSPS) is 12.8. The van der Waals surface area contributed by atoms with Crippen molar-refractivity contribution in [1.29, 1.82) is 0 Å². The summed E-state index contributed by atoms with van der Waals surface area (Å²) in [4.78, 5) is 24.4. The van der Waals surface area contributed by atoms with E-state index in [1.54, 1.807) is 37.3 Å². The summed E-state index contributed by atoms with van der Waals surface area (Å²) in [6.45, 7) is 1.78. The Labute approximate surface area is 172 Å². The predicted molar refractivity (Wildman–Crippen MR) is 106 cm³/mol. The molecule has 0 radical (unpaired) electrons. The van der Waals surface area contributed by atoms with Crippen LogP contribution in [-0.4, -0.2) is 31.8 Å². The van der Waals surface area contributed by atoms with Gasteiger partial charge in [-0.25, -0.2) is 0 Å². The lowest BCUT2D eigenvalue weighted by atomic mass is 10.0. The first kappa shape index (κ1) is 23.0. The van der Waals surface area contributed by atoms with E-state index in [0.717, 1.165) is 0 Å². The van der Waals surface area contributed by atoms with Gasteiger partial charge >= 0.3 is 12.1 Å². The minimum absolute atomic E-state index is 0.136. The number of hydrogen-bond acceptors (Lipinski definition) is 4. The van der Waals surface area contributed by atoms with Gasteiger partial charge in [-0.1, -0.05) is 42.5 Å². The number of esters is 1. The van der Waals surface area contributed by atoms with Crippen molar-refractivity contribution in [3.05, 3.63) is 71.8 Å². The average molecular weight is 421 g/mol. The van der Waals surface area contributed by atoms with Gasteiger partial charge in [-0.3, -0.25) is 9.59 Å². The number of rotatable bonds is 8. The Hall–Kier alpha value is -3.29. The Kier molecular flexibility index (Phi) is 8.03. The van der Waals surface area contributed by atoms with Crippen LogP contribution in [0.5, 0.6) is 5.75 Å². The smallest absolute Gasteiger partial charge is 0.417 e. The standard InChI is InChI=1S/C22H22F3NO4/c1-3-30-21(28)14-19(16-10-7-11-17(12-16)29-2)26-20(27)13-18(22(23,24)25)15-8-5-4-6-9-15/h4-13,19H,3,14H2,1-2H3,(H,26,27)/b18-13-. The van der Waals surface area contributed by atoms with E-state index in [1.807, 2.05) is 0 Å². The third-order valence-electron chi connectivity index (χ3n) is 4.15. The molecule has 1 unspecified atom stereocenters. The number of amides is 1. The fourth-order valence-electron chi connectivity index (χ4n) is 2.79. The second-order valence-electron chi connectivity index (χ2n) is 6.27. The number of carbonyl (C=O) groups is 2.